The number of hydrogen-bond donors (Lipinski definition) is 0. The minimum absolute atomic E-state index is 0.307. The van der Waals surface area contributed by atoms with Crippen LogP contribution in [0.25, 0.3) is 0 Å². The molecule has 0 atom stereocenters. The molecule has 0 aliphatic carbocycles. The van der Waals surface area contributed by atoms with E-state index >= 15 is 0 Å². The van der Waals surface area contributed by atoms with Gasteiger partial charge in [-0.2, -0.15) is 0 Å². The Morgan fingerprint density at radius 1 is 0.923 bits per heavy atom. The van der Waals surface area contributed by atoms with Gasteiger partial charge in [0.05, 0.1) is 0 Å². The zero-order valence-corrected chi connectivity index (χ0v) is 11.0. The topological polar surface area (TPSA) is 52.6 Å². The molecule has 0 amide bonds. The normalized spacial score (nSPS) is 14.2. The van der Waals surface area contributed by atoms with E-state index in [1.165, 1.54) is 0 Å². The molecule has 0 unspecified atom stereocenters. The van der Waals surface area contributed by atoms with Crippen molar-refractivity contribution in [3.8, 4) is 0 Å². The average molecular weight is 368 g/mol. The van der Waals surface area contributed by atoms with Crippen LogP contribution in [0.2, 0.25) is 0 Å². The summed E-state index contributed by atoms with van der Waals surface area (Å²) in [5, 5.41) is 0. The Bertz CT molecular complexity index is 339. The van der Waals surface area contributed by atoms with E-state index in [2.05, 4.69) is 0 Å². The van der Waals surface area contributed by atoms with Crippen LogP contribution in [0.1, 0.15) is 20.7 Å². The average Bonchev–Trinajstić information content (AvgIpc) is 2.29. The van der Waals surface area contributed by atoms with E-state index in [1.807, 2.05) is 0 Å². The summed E-state index contributed by atoms with van der Waals surface area (Å²) in [5.41, 5.74) is 0.613. The molecule has 63 valence electrons. The molecule has 1 heterocycles. The molecule has 2 rings (SSSR count). The van der Waals surface area contributed by atoms with Gasteiger partial charge in [0.25, 0.3) is 0 Å². The quantitative estimate of drug-likeness (QED) is 0.628. The van der Waals surface area contributed by atoms with Gasteiger partial charge in [-0.05, 0) is 0 Å². The Morgan fingerprint density at radius 2 is 1.38 bits per heavy atom. The molecule has 0 spiro atoms. The van der Waals surface area contributed by atoms with Crippen molar-refractivity contribution in [2.24, 2.45) is 0 Å². The van der Waals surface area contributed by atoms with Crippen molar-refractivity contribution in [1.82, 2.24) is 0 Å². The summed E-state index contributed by atoms with van der Waals surface area (Å²) in [6, 6.07) is 6.51. The molecular formula is C8H4O4Tl. The number of carbonyl (C=O) groups is 2. The molecule has 0 saturated carbocycles. The third-order valence-corrected chi connectivity index (χ3v) is 4.09. The fourth-order valence-corrected chi connectivity index (χ4v) is 2.93. The zero-order chi connectivity index (χ0) is 9.26. The van der Waals surface area contributed by atoms with Gasteiger partial charge >= 0.3 is 87.4 Å². The van der Waals surface area contributed by atoms with Crippen LogP contribution in [-0.4, -0.2) is 37.1 Å². The summed E-state index contributed by atoms with van der Waals surface area (Å²) in [6.07, 6.45) is 0. The van der Waals surface area contributed by atoms with E-state index in [9.17, 15) is 9.59 Å². The second-order valence-corrected chi connectivity index (χ2v) is 5.03. The van der Waals surface area contributed by atoms with Gasteiger partial charge in [0.15, 0.2) is 0 Å². The number of carbonyl (C=O) groups excluding carboxylic acids is 2. The van der Waals surface area contributed by atoms with Crippen molar-refractivity contribution < 1.29 is 15.0 Å². The molecule has 0 N–H and O–H groups in total. The Balaban J connectivity index is 2.57. The van der Waals surface area contributed by atoms with Crippen molar-refractivity contribution in [2.45, 2.75) is 0 Å². The van der Waals surface area contributed by atoms with Gasteiger partial charge in [0.1, 0.15) is 0 Å². The maximum atomic E-state index is 11.2. The minimum atomic E-state index is -2.07. The number of rotatable bonds is 0. The first-order valence-electron chi connectivity index (χ1n) is 3.62. The van der Waals surface area contributed by atoms with Gasteiger partial charge in [0, 0.05) is 0 Å². The Labute approximate surface area is 87.4 Å². The molecule has 0 bridgehead atoms. The Hall–Kier alpha value is -0.918. The molecule has 13 heavy (non-hydrogen) atoms. The standard InChI is InChI=1S/C8H6O4.Tl/c9-7(10)5-3-1-2-4-6(5)8(11)12;/h1-4H,(H,9,10)(H,11,12);/q;+2/p-2. The van der Waals surface area contributed by atoms with Crippen LogP contribution >= 0.6 is 0 Å². The van der Waals surface area contributed by atoms with Gasteiger partial charge in [-0.15, -0.1) is 0 Å². The van der Waals surface area contributed by atoms with Gasteiger partial charge in [-0.25, -0.2) is 0 Å². The molecule has 1 aromatic carbocycles. The summed E-state index contributed by atoms with van der Waals surface area (Å²) in [6.45, 7) is 0. The Kier molecular flexibility index (Phi) is 2.30. The van der Waals surface area contributed by atoms with E-state index in [0.717, 1.165) is 0 Å². The molecule has 1 aromatic rings. The third kappa shape index (κ3) is 1.58. The van der Waals surface area contributed by atoms with Crippen LogP contribution in [0.5, 0.6) is 0 Å². The van der Waals surface area contributed by atoms with E-state index < -0.39 is 37.1 Å². The summed E-state index contributed by atoms with van der Waals surface area (Å²) in [7, 11) is 0. The first kappa shape index (κ1) is 8.67. The first-order chi connectivity index (χ1) is 6.29. The van der Waals surface area contributed by atoms with E-state index in [0.29, 0.717) is 11.1 Å². The van der Waals surface area contributed by atoms with Crippen LogP contribution in [0.4, 0.5) is 0 Å². The van der Waals surface area contributed by atoms with E-state index in [4.69, 9.17) is 5.37 Å². The predicted octanol–water partition coefficient (Wildman–Crippen LogP) is 0.548. The third-order valence-electron chi connectivity index (χ3n) is 1.68. The van der Waals surface area contributed by atoms with Crippen molar-refractivity contribution in [2.75, 3.05) is 0 Å². The molecule has 0 fully saturated rings. The second-order valence-electron chi connectivity index (χ2n) is 2.45. The molecule has 4 nitrogen and oxygen atoms in total. The molecular weight excluding hydrogens is 364 g/mol. The fourth-order valence-electron chi connectivity index (χ4n) is 1.08. The van der Waals surface area contributed by atoms with Gasteiger partial charge in [-0.1, -0.05) is 0 Å². The molecule has 0 saturated heterocycles. The molecule has 0 aromatic heterocycles. The van der Waals surface area contributed by atoms with Crippen molar-refractivity contribution in [3.05, 3.63) is 35.4 Å². The molecule has 0 radical (unpaired) electrons. The molecule has 1 aliphatic rings. The van der Waals surface area contributed by atoms with Gasteiger partial charge in [-0.3, -0.25) is 0 Å². The van der Waals surface area contributed by atoms with Crippen LogP contribution in [0, 0.1) is 0 Å². The first-order valence-corrected chi connectivity index (χ1v) is 7.28. The second kappa shape index (κ2) is 3.45. The fraction of sp³-hybridized carbons (Fsp3) is 0. The van der Waals surface area contributed by atoms with Crippen molar-refractivity contribution in [3.63, 3.8) is 0 Å². The van der Waals surface area contributed by atoms with Crippen molar-refractivity contribution in [1.29, 1.82) is 0 Å². The SMILES string of the molecule is O=C1[O][Tl][O]C(=O)c2ccccc21. The van der Waals surface area contributed by atoms with Crippen LogP contribution in [0.15, 0.2) is 24.3 Å². The van der Waals surface area contributed by atoms with Gasteiger partial charge < -0.3 is 0 Å². The van der Waals surface area contributed by atoms with Crippen LogP contribution in [0.3, 0.4) is 0 Å². The molecule has 5 heteroatoms. The number of benzene rings is 1. The summed E-state index contributed by atoms with van der Waals surface area (Å²) < 4.78 is 9.65. The van der Waals surface area contributed by atoms with E-state index in [-0.39, 0.29) is 0 Å². The van der Waals surface area contributed by atoms with Gasteiger partial charge in [0.2, 0.25) is 0 Å². The Morgan fingerprint density at radius 3 is 1.85 bits per heavy atom. The van der Waals surface area contributed by atoms with E-state index in [1.54, 1.807) is 24.3 Å². The number of hydrogen-bond acceptors (Lipinski definition) is 4. The summed E-state index contributed by atoms with van der Waals surface area (Å²) in [4.78, 5) is 22.5. The maximum absolute atomic E-state index is 11.2. The zero-order valence-electron chi connectivity index (χ0n) is 6.52. The monoisotopic (exact) mass is 369 g/mol. The summed E-state index contributed by atoms with van der Waals surface area (Å²) in [5.74, 6) is -0.868. The number of fused-ring (bicyclic) bond motifs is 1. The summed E-state index contributed by atoms with van der Waals surface area (Å²) >= 11 is -2.07. The predicted molar refractivity (Wildman–Crippen MR) is 43.0 cm³/mol. The van der Waals surface area contributed by atoms with Crippen molar-refractivity contribution >= 4 is 37.1 Å². The van der Waals surface area contributed by atoms with Crippen LogP contribution in [-0.2, 0) is 5.37 Å². The van der Waals surface area contributed by atoms with Crippen LogP contribution < -0.4 is 0 Å². The molecule has 1 aliphatic heterocycles.